The molecule has 1 aliphatic heterocycles. The van der Waals surface area contributed by atoms with Crippen molar-refractivity contribution in [2.75, 3.05) is 32.7 Å². The molecule has 0 unspecified atom stereocenters. The molecular formula is C49H77N17O10. The Labute approximate surface area is 441 Å². The monoisotopic (exact) mass is 1060 g/mol. The number of nitrogens with one attached hydrogen (secondary N) is 9. The fourth-order valence-corrected chi connectivity index (χ4v) is 7.76. The third-order valence-corrected chi connectivity index (χ3v) is 11.6. The summed E-state index contributed by atoms with van der Waals surface area (Å²) in [4.78, 5) is 122. The number of aliphatic imine (C=N–C) groups is 3. The average Bonchev–Trinajstić information content (AvgIpc) is 3.34. The molecule has 2 aromatic carbocycles. The number of nitrogens with zero attached hydrogens (tertiary/aromatic N) is 3. The van der Waals surface area contributed by atoms with Crippen molar-refractivity contribution in [3.8, 4) is 11.5 Å². The highest BCUT2D eigenvalue weighted by atomic mass is 16.3. The standard InChI is InChI=1S/C49H77N17O10/c1-28(2)25-37-44(74)61-35(10-7-23-57-47(52)53)43(73)64-38(26-30-12-16-32(68)17-13-30)40(70)55-20-4-5-21-59-49(76)66-48(54)58-24-8-11-36(42(72)63-37)62-45(75)39(27-31-14-18-33(69)19-15-31)65-41(71)34(60-29(3)67)9-6-22-56-46(50)51/h12-19,28,34-39,68-69H,4-11,20-27H2,1-3H3,(H,55,70)(H,60,67)(H,61,74)(H,62,75)(H,63,72)(H,64,73)(H,65,71)(H4,50,51,56)(H4,52,53,57)(H4,54,58,59,66,76)/t34-,35-,36-,37-,38-,39-/m0/s1. The first-order valence-electron chi connectivity index (χ1n) is 25.2. The first-order chi connectivity index (χ1) is 36.1. The number of hydrogen-bond donors (Lipinski definition) is 16. The third kappa shape index (κ3) is 24.6. The van der Waals surface area contributed by atoms with Crippen LogP contribution < -0.4 is 76.5 Å². The Morgan fingerprint density at radius 3 is 1.87 bits per heavy atom. The number of phenols is 2. The number of urea groups is 1. The number of amides is 9. The lowest BCUT2D eigenvalue weighted by molar-refractivity contribution is -0.135. The molecule has 1 heterocycles. The van der Waals surface area contributed by atoms with Crippen molar-refractivity contribution in [3.63, 3.8) is 0 Å². The normalized spacial score (nSPS) is 19.4. The van der Waals surface area contributed by atoms with Gasteiger partial charge in [0.25, 0.3) is 0 Å². The van der Waals surface area contributed by atoms with Gasteiger partial charge in [-0.15, -0.1) is 0 Å². The predicted octanol–water partition coefficient (Wildman–Crippen LogP) is -2.73. The van der Waals surface area contributed by atoms with Crippen LogP contribution in [0.3, 0.4) is 0 Å². The summed E-state index contributed by atoms with van der Waals surface area (Å²) in [7, 11) is 0. The van der Waals surface area contributed by atoms with Gasteiger partial charge >= 0.3 is 6.03 Å². The predicted molar refractivity (Wildman–Crippen MR) is 285 cm³/mol. The van der Waals surface area contributed by atoms with Crippen molar-refractivity contribution in [1.82, 2.24) is 47.9 Å². The Bertz CT molecular complexity index is 2340. The zero-order chi connectivity index (χ0) is 56.2. The molecule has 0 fully saturated rings. The Kier molecular flexibility index (Phi) is 26.7. The van der Waals surface area contributed by atoms with E-state index in [4.69, 9.17) is 28.7 Å². The Morgan fingerprint density at radius 1 is 0.697 bits per heavy atom. The summed E-state index contributed by atoms with van der Waals surface area (Å²) in [6.07, 6.45) is 1.28. The first-order valence-corrected chi connectivity index (χ1v) is 25.2. The van der Waals surface area contributed by atoms with Crippen molar-refractivity contribution < 1.29 is 48.6 Å². The van der Waals surface area contributed by atoms with Crippen LogP contribution in [0.4, 0.5) is 4.79 Å². The largest absolute Gasteiger partial charge is 0.508 e. The SMILES string of the molecule is CC(=O)N[C@@H](CCCN=C(N)N)C(=O)N[C@@H](Cc1ccc(O)cc1)C(=O)N[C@H]1CCCN=C(N)NC(=O)NCCCCNC(=O)[C@H](Cc2ccc(O)cc2)NC(=O)[C@H](CCCN=C(N)N)NC(=O)[C@H](CC(C)C)NC1=O. The van der Waals surface area contributed by atoms with Crippen molar-refractivity contribution in [2.24, 2.45) is 49.6 Å². The van der Waals surface area contributed by atoms with E-state index in [0.29, 0.717) is 24.0 Å². The molecule has 27 nitrogen and oxygen atoms in total. The van der Waals surface area contributed by atoms with Gasteiger partial charge in [-0.1, -0.05) is 38.1 Å². The van der Waals surface area contributed by atoms with E-state index in [1.54, 1.807) is 26.0 Å². The van der Waals surface area contributed by atoms with E-state index in [9.17, 15) is 48.6 Å². The lowest BCUT2D eigenvalue weighted by atomic mass is 10.00. The summed E-state index contributed by atoms with van der Waals surface area (Å²) in [5, 5.41) is 44.0. The maximum absolute atomic E-state index is 14.6. The number of rotatable bonds is 19. The summed E-state index contributed by atoms with van der Waals surface area (Å²) in [5.74, 6) is -5.88. The van der Waals surface area contributed by atoms with Crippen LogP contribution in [0.15, 0.2) is 63.5 Å². The summed E-state index contributed by atoms with van der Waals surface area (Å²) in [6.45, 7) is 5.39. The molecule has 3 rings (SSSR count). The molecule has 0 bridgehead atoms. The maximum Gasteiger partial charge on any atom is 0.321 e. The number of guanidine groups is 3. The minimum absolute atomic E-state index is 0.00752. The van der Waals surface area contributed by atoms with Crippen LogP contribution in [-0.4, -0.2) is 144 Å². The minimum atomic E-state index is -1.41. The third-order valence-electron chi connectivity index (χ3n) is 11.6. The molecule has 27 heteroatoms. The van der Waals surface area contributed by atoms with Gasteiger partial charge in [-0.3, -0.25) is 53.9 Å². The van der Waals surface area contributed by atoms with Gasteiger partial charge in [-0.2, -0.15) is 0 Å². The van der Waals surface area contributed by atoms with Crippen molar-refractivity contribution >= 4 is 65.3 Å². The summed E-state index contributed by atoms with van der Waals surface area (Å²) in [6, 6.07) is 3.56. The summed E-state index contributed by atoms with van der Waals surface area (Å²) >= 11 is 0. The van der Waals surface area contributed by atoms with Crippen LogP contribution in [-0.2, 0) is 46.4 Å². The van der Waals surface area contributed by atoms with Gasteiger partial charge in [-0.25, -0.2) is 4.79 Å². The van der Waals surface area contributed by atoms with Crippen LogP contribution in [0, 0.1) is 5.92 Å². The average molecular weight is 1060 g/mol. The number of hydrogen-bond acceptors (Lipinski definition) is 14. The van der Waals surface area contributed by atoms with Gasteiger partial charge in [0.15, 0.2) is 17.9 Å². The summed E-state index contributed by atoms with van der Waals surface area (Å²) < 4.78 is 0. The molecule has 2 aromatic rings. The number of nitrogens with two attached hydrogens (primary N) is 5. The molecule has 0 aliphatic carbocycles. The van der Waals surface area contributed by atoms with E-state index >= 15 is 0 Å². The molecular weight excluding hydrogens is 987 g/mol. The molecule has 0 aromatic heterocycles. The van der Waals surface area contributed by atoms with Crippen molar-refractivity contribution in [1.29, 1.82) is 0 Å². The van der Waals surface area contributed by atoms with E-state index in [0.717, 1.165) is 0 Å². The Balaban J connectivity index is 2.06. The van der Waals surface area contributed by atoms with Crippen molar-refractivity contribution in [2.45, 2.75) is 128 Å². The highest BCUT2D eigenvalue weighted by Gasteiger charge is 2.34. The molecule has 0 saturated carbocycles. The second-order valence-corrected chi connectivity index (χ2v) is 18.6. The fourth-order valence-electron chi connectivity index (χ4n) is 7.76. The highest BCUT2D eigenvalue weighted by Crippen LogP contribution is 2.15. The highest BCUT2D eigenvalue weighted by molar-refractivity contribution is 5.97. The zero-order valence-corrected chi connectivity index (χ0v) is 43.4. The van der Waals surface area contributed by atoms with E-state index in [2.05, 4.69) is 62.8 Å². The molecule has 0 saturated heterocycles. The molecule has 76 heavy (non-hydrogen) atoms. The molecule has 1 aliphatic rings. The minimum Gasteiger partial charge on any atom is -0.508 e. The van der Waals surface area contributed by atoms with Crippen LogP contribution >= 0.6 is 0 Å². The molecule has 9 amide bonds. The van der Waals surface area contributed by atoms with Gasteiger partial charge in [0.05, 0.1) is 0 Å². The van der Waals surface area contributed by atoms with E-state index in [1.807, 2.05) is 0 Å². The quantitative estimate of drug-likeness (QED) is 0.0386. The lowest BCUT2D eigenvalue weighted by Gasteiger charge is -2.28. The van der Waals surface area contributed by atoms with Crippen LogP contribution in [0.2, 0.25) is 0 Å². The van der Waals surface area contributed by atoms with Gasteiger partial charge in [-0.05, 0) is 99.1 Å². The Hall–Kier alpha value is -8.39. The Morgan fingerprint density at radius 2 is 1.26 bits per heavy atom. The van der Waals surface area contributed by atoms with E-state index < -0.39 is 83.6 Å². The first kappa shape index (κ1) is 61.9. The number of aromatic hydroxyl groups is 2. The van der Waals surface area contributed by atoms with E-state index in [-0.39, 0.29) is 126 Å². The second kappa shape index (κ2) is 32.7. The van der Waals surface area contributed by atoms with Crippen LogP contribution in [0.25, 0.3) is 0 Å². The lowest BCUT2D eigenvalue weighted by Crippen LogP contribution is -2.60. The molecule has 0 spiro atoms. The van der Waals surface area contributed by atoms with Crippen LogP contribution in [0.1, 0.15) is 89.7 Å². The topological polar surface area (TPSA) is 452 Å². The fraction of sp³-hybridized carbons (Fsp3) is 0.531. The molecule has 0 radical (unpaired) electrons. The molecule has 6 atom stereocenters. The number of phenolic OH excluding ortho intramolecular Hbond substituents is 2. The zero-order valence-electron chi connectivity index (χ0n) is 43.4. The number of carbonyl (C=O) groups excluding carboxylic acids is 8. The molecule has 418 valence electrons. The number of carbonyl (C=O) groups is 8. The van der Waals surface area contributed by atoms with Gasteiger partial charge < -0.3 is 81.4 Å². The van der Waals surface area contributed by atoms with Gasteiger partial charge in [0, 0.05) is 52.5 Å². The molecule has 21 N–H and O–H groups in total. The maximum atomic E-state index is 14.6. The van der Waals surface area contributed by atoms with Crippen molar-refractivity contribution in [3.05, 3.63) is 59.7 Å². The van der Waals surface area contributed by atoms with E-state index in [1.165, 1.54) is 43.3 Å². The van der Waals surface area contributed by atoms with Gasteiger partial charge in [0.2, 0.25) is 41.4 Å². The smallest absolute Gasteiger partial charge is 0.321 e. The van der Waals surface area contributed by atoms with Gasteiger partial charge in [0.1, 0.15) is 47.8 Å². The second-order valence-electron chi connectivity index (χ2n) is 18.6. The number of benzene rings is 2. The van der Waals surface area contributed by atoms with Crippen LogP contribution in [0.5, 0.6) is 11.5 Å². The summed E-state index contributed by atoms with van der Waals surface area (Å²) in [5.41, 5.74) is 29.1.